The number of fused-ring (bicyclic) bond motifs is 2. The lowest BCUT2D eigenvalue weighted by Gasteiger charge is -2.24. The third-order valence-corrected chi connectivity index (χ3v) is 7.38. The molecule has 10 N–H and O–H groups in total. The van der Waals surface area contributed by atoms with E-state index >= 15 is 0 Å². The second kappa shape index (κ2) is 13.9. The second-order valence-electron chi connectivity index (χ2n) is 10.1. The van der Waals surface area contributed by atoms with Gasteiger partial charge >= 0.3 is 5.97 Å². The van der Waals surface area contributed by atoms with Crippen LogP contribution in [0.2, 0.25) is 0 Å². The van der Waals surface area contributed by atoms with Crippen molar-refractivity contribution in [3.05, 3.63) is 72.1 Å². The van der Waals surface area contributed by atoms with Crippen molar-refractivity contribution < 1.29 is 29.1 Å². The van der Waals surface area contributed by atoms with Crippen molar-refractivity contribution >= 4 is 64.0 Å². The zero-order valence-electron chi connectivity index (χ0n) is 23.0. The summed E-state index contributed by atoms with van der Waals surface area (Å²) in [6.07, 6.45) is 2.98. The number of H-pyrrole nitrogens is 2. The van der Waals surface area contributed by atoms with Gasteiger partial charge in [-0.1, -0.05) is 36.4 Å². The van der Waals surface area contributed by atoms with Crippen molar-refractivity contribution in [2.75, 3.05) is 5.75 Å². The molecule has 43 heavy (non-hydrogen) atoms. The van der Waals surface area contributed by atoms with E-state index in [0.29, 0.717) is 5.56 Å². The lowest BCUT2D eigenvalue weighted by Crippen LogP contribution is -2.58. The summed E-state index contributed by atoms with van der Waals surface area (Å²) in [6.45, 7) is 0. The molecule has 0 aliphatic heterocycles. The molecule has 13 nitrogen and oxygen atoms in total. The maximum absolute atomic E-state index is 13.1. The maximum Gasteiger partial charge on any atom is 0.326 e. The van der Waals surface area contributed by atoms with Gasteiger partial charge in [0.25, 0.3) is 0 Å². The first kappa shape index (κ1) is 31.1. The maximum atomic E-state index is 13.1. The normalized spacial score (nSPS) is 14.0. The number of aromatic nitrogens is 2. The van der Waals surface area contributed by atoms with Gasteiger partial charge < -0.3 is 42.5 Å². The summed E-state index contributed by atoms with van der Waals surface area (Å²) < 4.78 is 0. The van der Waals surface area contributed by atoms with Crippen LogP contribution in [0.3, 0.4) is 0 Å². The van der Waals surface area contributed by atoms with Crippen LogP contribution in [0.5, 0.6) is 0 Å². The van der Waals surface area contributed by atoms with Crippen molar-refractivity contribution in [3.8, 4) is 0 Å². The Hall–Kier alpha value is -4.82. The van der Waals surface area contributed by atoms with Crippen molar-refractivity contribution in [3.63, 3.8) is 0 Å². The van der Waals surface area contributed by atoms with E-state index in [4.69, 9.17) is 11.5 Å². The lowest BCUT2D eigenvalue weighted by molar-refractivity contribution is -0.142. The summed E-state index contributed by atoms with van der Waals surface area (Å²) in [6, 6.07) is 9.72. The molecular weight excluding hydrogens is 574 g/mol. The molecule has 4 rings (SSSR count). The number of amides is 4. The largest absolute Gasteiger partial charge is 0.480 e. The Labute approximate surface area is 251 Å². The number of nitrogens with two attached hydrogens (primary N) is 2. The molecule has 0 fully saturated rings. The third-order valence-electron chi connectivity index (χ3n) is 7.02. The van der Waals surface area contributed by atoms with Gasteiger partial charge in [-0.2, -0.15) is 12.6 Å². The first-order valence-electron chi connectivity index (χ1n) is 13.5. The highest BCUT2D eigenvalue weighted by Crippen LogP contribution is 2.20. The average Bonchev–Trinajstić information content (AvgIpc) is 3.58. The number of hydrogen-bond donors (Lipinski definition) is 9. The molecule has 14 heteroatoms. The Balaban J connectivity index is 1.39. The Morgan fingerprint density at radius 3 is 1.77 bits per heavy atom. The quantitative estimate of drug-likeness (QED) is 0.0898. The summed E-state index contributed by atoms with van der Waals surface area (Å²) in [5.74, 6) is -4.75. The monoisotopic (exact) mass is 607 g/mol. The Kier molecular flexibility index (Phi) is 10.1. The van der Waals surface area contributed by atoms with Gasteiger partial charge in [-0.05, 0) is 29.7 Å². The predicted octanol–water partition coefficient (Wildman–Crippen LogP) is 0.106. The van der Waals surface area contributed by atoms with Gasteiger partial charge in [0.15, 0.2) is 0 Å². The SMILES string of the molecule is NC(=O)CC(NC(=O)C(N)Cc1c[nH]c2ccccc12)C(=O)NC(CS)C(=O)NC(Cc1c[nH]c2ccccc12)C(=O)O. The lowest BCUT2D eigenvalue weighted by atomic mass is 10.0. The average molecular weight is 608 g/mol. The highest BCUT2D eigenvalue weighted by Gasteiger charge is 2.31. The number of thiol groups is 1. The van der Waals surface area contributed by atoms with E-state index in [2.05, 4.69) is 38.5 Å². The number of carboxylic acid groups (broad SMARTS) is 1. The van der Waals surface area contributed by atoms with E-state index in [-0.39, 0.29) is 18.6 Å². The standard InChI is InChI=1S/C29H33N7O6S/c30-19(9-15-12-32-20-7-3-1-5-17(15)20)26(38)34-22(11-25(31)37)27(39)36-24(14-43)28(40)35-23(29(41)42)10-16-13-33-21-8-4-2-6-18(16)21/h1-8,12-13,19,22-24,32-33,43H,9-11,14,30H2,(H2,31,37)(H,34,38)(H,35,40)(H,36,39)(H,41,42). The number of nitrogens with one attached hydrogen (secondary N) is 5. The van der Waals surface area contributed by atoms with Crippen molar-refractivity contribution in [1.29, 1.82) is 0 Å². The van der Waals surface area contributed by atoms with Crippen LogP contribution in [0.4, 0.5) is 0 Å². The van der Waals surface area contributed by atoms with Gasteiger partial charge in [-0.3, -0.25) is 19.2 Å². The first-order valence-corrected chi connectivity index (χ1v) is 14.1. The van der Waals surface area contributed by atoms with Crippen molar-refractivity contribution in [2.45, 2.75) is 43.4 Å². The molecule has 0 saturated carbocycles. The predicted molar refractivity (Wildman–Crippen MR) is 163 cm³/mol. The van der Waals surface area contributed by atoms with E-state index in [0.717, 1.165) is 27.4 Å². The highest BCUT2D eigenvalue weighted by atomic mass is 32.1. The molecule has 0 aliphatic carbocycles. The molecule has 4 amide bonds. The topological polar surface area (TPSA) is 225 Å². The van der Waals surface area contributed by atoms with Crippen LogP contribution in [-0.2, 0) is 36.8 Å². The Morgan fingerprint density at radius 1 is 0.744 bits per heavy atom. The number of carbonyl (C=O) groups excluding carboxylic acids is 4. The van der Waals surface area contributed by atoms with E-state index in [9.17, 15) is 29.1 Å². The van der Waals surface area contributed by atoms with E-state index in [1.54, 1.807) is 12.4 Å². The fraction of sp³-hybridized carbons (Fsp3) is 0.276. The third kappa shape index (κ3) is 7.72. The number of para-hydroxylation sites is 2. The molecule has 2 aromatic heterocycles. The summed E-state index contributed by atoms with van der Waals surface area (Å²) in [7, 11) is 0. The molecule has 2 heterocycles. The van der Waals surface area contributed by atoms with Crippen molar-refractivity contribution in [1.82, 2.24) is 25.9 Å². The van der Waals surface area contributed by atoms with Gasteiger partial charge in [0.1, 0.15) is 18.1 Å². The smallest absolute Gasteiger partial charge is 0.326 e. The van der Waals surface area contributed by atoms with E-state index in [1.807, 2.05) is 48.5 Å². The van der Waals surface area contributed by atoms with Crippen molar-refractivity contribution in [2.24, 2.45) is 11.5 Å². The summed E-state index contributed by atoms with van der Waals surface area (Å²) in [4.78, 5) is 68.9. The number of aliphatic carboxylic acids is 1. The Morgan fingerprint density at radius 2 is 1.23 bits per heavy atom. The first-order chi connectivity index (χ1) is 20.6. The molecule has 4 atom stereocenters. The van der Waals surface area contributed by atoms with Crippen LogP contribution < -0.4 is 27.4 Å². The fourth-order valence-electron chi connectivity index (χ4n) is 4.78. The zero-order chi connectivity index (χ0) is 31.1. The Bertz CT molecular complexity index is 1650. The highest BCUT2D eigenvalue weighted by molar-refractivity contribution is 7.80. The molecule has 0 aliphatic rings. The number of primary amides is 1. The molecule has 0 bridgehead atoms. The van der Waals surface area contributed by atoms with Crippen LogP contribution in [0.15, 0.2) is 60.9 Å². The summed E-state index contributed by atoms with van der Waals surface area (Å²) >= 11 is 4.13. The molecule has 226 valence electrons. The molecule has 4 unspecified atom stereocenters. The summed E-state index contributed by atoms with van der Waals surface area (Å²) in [5.41, 5.74) is 14.6. The molecule has 2 aromatic carbocycles. The minimum atomic E-state index is -1.43. The number of carbonyl (C=O) groups is 5. The number of hydrogen-bond acceptors (Lipinski definition) is 7. The van der Waals surface area contributed by atoms with E-state index in [1.165, 1.54) is 0 Å². The fourth-order valence-corrected chi connectivity index (χ4v) is 5.04. The minimum Gasteiger partial charge on any atom is -0.480 e. The van der Waals surface area contributed by atoms with Crippen LogP contribution in [-0.4, -0.2) is 74.6 Å². The molecule has 4 aromatic rings. The zero-order valence-corrected chi connectivity index (χ0v) is 23.9. The molecule has 0 radical (unpaired) electrons. The molecule has 0 spiro atoms. The van der Waals surface area contributed by atoms with Gasteiger partial charge in [0, 0.05) is 46.4 Å². The minimum absolute atomic E-state index is 0.0208. The number of aromatic amines is 2. The van der Waals surface area contributed by atoms with Gasteiger partial charge in [-0.25, -0.2) is 4.79 Å². The number of carboxylic acids is 1. The van der Waals surface area contributed by atoms with Gasteiger partial charge in [0.05, 0.1) is 12.5 Å². The van der Waals surface area contributed by atoms with Gasteiger partial charge in [0.2, 0.25) is 23.6 Å². The van der Waals surface area contributed by atoms with Gasteiger partial charge in [-0.15, -0.1) is 0 Å². The number of rotatable bonds is 14. The second-order valence-corrected chi connectivity index (χ2v) is 10.5. The van der Waals surface area contributed by atoms with E-state index < -0.39 is 60.2 Å². The summed E-state index contributed by atoms with van der Waals surface area (Å²) in [5, 5.41) is 18.8. The number of benzene rings is 2. The van der Waals surface area contributed by atoms with Crippen LogP contribution in [0.25, 0.3) is 21.8 Å². The molecular formula is C29H33N7O6S. The molecule has 0 saturated heterocycles. The van der Waals surface area contributed by atoms with Crippen LogP contribution in [0.1, 0.15) is 17.5 Å². The van der Waals surface area contributed by atoms with Crippen LogP contribution in [0, 0.1) is 0 Å². The van der Waals surface area contributed by atoms with Crippen LogP contribution >= 0.6 is 12.6 Å².